The minimum Gasteiger partial charge on any atom is -0.397 e. The Morgan fingerprint density at radius 1 is 1.27 bits per heavy atom. The number of anilines is 1. The quantitative estimate of drug-likeness (QED) is 0.450. The Bertz CT molecular complexity index is 1060. The number of carbonyl (C=O) groups excluding carboxylic acids is 1. The largest absolute Gasteiger partial charge is 0.397 e. The fourth-order valence-electron chi connectivity index (χ4n) is 4.37. The van der Waals surface area contributed by atoms with E-state index in [4.69, 9.17) is 11.6 Å². The number of rotatable bonds is 6. The highest BCUT2D eigenvalue weighted by Gasteiger charge is 2.63. The summed E-state index contributed by atoms with van der Waals surface area (Å²) in [6, 6.07) is 7.44. The molecule has 2 aromatic rings. The lowest BCUT2D eigenvalue weighted by atomic mass is 9.94. The number of fused-ring (bicyclic) bond motifs is 1. The van der Waals surface area contributed by atoms with Crippen LogP contribution in [0, 0.1) is 11.3 Å². The molecule has 5 N–H and O–H groups in total. The van der Waals surface area contributed by atoms with Crippen molar-refractivity contribution in [2.75, 3.05) is 32.0 Å². The fraction of sp³-hybridized carbons (Fsp3) is 0.478. The lowest BCUT2D eigenvalue weighted by Gasteiger charge is -2.34. The normalized spacial score (nSPS) is 19.5. The van der Waals surface area contributed by atoms with Gasteiger partial charge in [-0.15, -0.1) is 0 Å². The van der Waals surface area contributed by atoms with Gasteiger partial charge < -0.3 is 21.0 Å². The molecule has 1 amide bonds. The predicted octanol–water partition coefficient (Wildman–Crippen LogP) is 3.29. The van der Waals surface area contributed by atoms with Crippen molar-refractivity contribution in [3.8, 4) is 0 Å². The van der Waals surface area contributed by atoms with Gasteiger partial charge in [-0.1, -0.05) is 12.1 Å². The number of amides is 1. The molecule has 1 aromatic carbocycles. The van der Waals surface area contributed by atoms with Gasteiger partial charge in [0.25, 0.3) is 0 Å². The zero-order valence-corrected chi connectivity index (χ0v) is 18.5. The lowest BCUT2D eigenvalue weighted by molar-refractivity contribution is -0.192. The first-order valence-electron chi connectivity index (χ1n) is 11.0. The van der Waals surface area contributed by atoms with Gasteiger partial charge in [-0.3, -0.25) is 4.79 Å². The second kappa shape index (κ2) is 8.83. The summed E-state index contributed by atoms with van der Waals surface area (Å²) in [6.45, 7) is 1.02. The van der Waals surface area contributed by atoms with E-state index in [1.54, 1.807) is 25.5 Å². The second-order valence-electron chi connectivity index (χ2n) is 9.20. The third-order valence-electron chi connectivity index (χ3n) is 6.59. The van der Waals surface area contributed by atoms with E-state index in [9.17, 15) is 18.0 Å². The molecule has 2 fully saturated rings. The molecule has 2 heterocycles. The molecule has 0 radical (unpaired) electrons. The van der Waals surface area contributed by atoms with E-state index in [1.165, 1.54) is 5.01 Å². The summed E-state index contributed by atoms with van der Waals surface area (Å²) < 4.78 is 39.7. The van der Waals surface area contributed by atoms with Crippen LogP contribution >= 0.6 is 0 Å². The minimum atomic E-state index is -4.15. The van der Waals surface area contributed by atoms with Gasteiger partial charge in [0.05, 0.1) is 11.1 Å². The highest BCUT2D eigenvalue weighted by molar-refractivity contribution is 5.94. The van der Waals surface area contributed by atoms with Crippen LogP contribution < -0.4 is 16.9 Å². The number of piperidine rings is 1. The number of pyridine rings is 1. The smallest absolute Gasteiger partial charge is 0.395 e. The van der Waals surface area contributed by atoms with Crippen LogP contribution in [0.5, 0.6) is 0 Å². The number of alkyl halides is 3. The van der Waals surface area contributed by atoms with Crippen molar-refractivity contribution in [2.24, 2.45) is 22.9 Å². The maximum atomic E-state index is 13.2. The van der Waals surface area contributed by atoms with Crippen LogP contribution in [0.1, 0.15) is 31.2 Å². The van der Waals surface area contributed by atoms with E-state index in [2.05, 4.69) is 10.3 Å². The third-order valence-corrected chi connectivity index (χ3v) is 6.59. The molecule has 0 unspecified atom stereocenters. The summed E-state index contributed by atoms with van der Waals surface area (Å²) >= 11 is 0. The molecule has 33 heavy (non-hydrogen) atoms. The van der Waals surface area contributed by atoms with Gasteiger partial charge in [0.1, 0.15) is 5.82 Å². The Hall–Kier alpha value is -2.85. The second-order valence-corrected chi connectivity index (χ2v) is 9.20. The molecule has 10 heteroatoms. The van der Waals surface area contributed by atoms with Crippen LogP contribution in [0.15, 0.2) is 36.7 Å². The average Bonchev–Trinajstić information content (AvgIpc) is 3.54. The molecule has 4 rings (SSSR count). The molecule has 1 aliphatic carbocycles. The highest BCUT2D eigenvalue weighted by Crippen LogP contribution is 2.58. The van der Waals surface area contributed by atoms with Crippen LogP contribution in [0.25, 0.3) is 16.5 Å². The number of aromatic nitrogens is 1. The van der Waals surface area contributed by atoms with Crippen molar-refractivity contribution in [3.05, 3.63) is 42.2 Å². The maximum absolute atomic E-state index is 13.2. The molecule has 1 saturated carbocycles. The van der Waals surface area contributed by atoms with Crippen LogP contribution in [0.3, 0.4) is 0 Å². The van der Waals surface area contributed by atoms with Gasteiger partial charge in [0.15, 0.2) is 0 Å². The first kappa shape index (κ1) is 23.3. The van der Waals surface area contributed by atoms with Crippen molar-refractivity contribution in [1.82, 2.24) is 14.9 Å². The van der Waals surface area contributed by atoms with Crippen molar-refractivity contribution < 1.29 is 18.0 Å². The van der Waals surface area contributed by atoms with Crippen LogP contribution in [-0.4, -0.2) is 53.7 Å². The number of carbonyl (C=O) groups is 1. The molecule has 1 saturated heterocycles. The zero-order valence-electron chi connectivity index (χ0n) is 18.5. The summed E-state index contributed by atoms with van der Waals surface area (Å²) in [7, 11) is 1.68. The van der Waals surface area contributed by atoms with E-state index in [0.29, 0.717) is 37.4 Å². The number of hydrogen-bond acceptors (Lipinski definition) is 6. The predicted molar refractivity (Wildman–Crippen MR) is 121 cm³/mol. The van der Waals surface area contributed by atoms with Crippen molar-refractivity contribution in [3.63, 3.8) is 0 Å². The van der Waals surface area contributed by atoms with Gasteiger partial charge in [-0.25, -0.2) is 10.8 Å². The maximum Gasteiger partial charge on any atom is 0.395 e. The van der Waals surface area contributed by atoms with Crippen molar-refractivity contribution >= 4 is 28.2 Å². The molecule has 1 aromatic heterocycles. The summed E-state index contributed by atoms with van der Waals surface area (Å²) in [6.07, 6.45) is 0.614. The summed E-state index contributed by atoms with van der Waals surface area (Å²) in [5.41, 5.74) is 5.84. The number of hydrogen-bond donors (Lipinski definition) is 3. The number of hydrazine groups is 1. The Balaban J connectivity index is 1.37. The minimum absolute atomic E-state index is 0.0386. The molecule has 0 bridgehead atoms. The highest BCUT2D eigenvalue weighted by atomic mass is 19.4. The molecule has 0 spiro atoms. The monoisotopic (exact) mass is 462 g/mol. The summed E-state index contributed by atoms with van der Waals surface area (Å²) in [5.74, 6) is 5.65. The van der Waals surface area contributed by atoms with Crippen molar-refractivity contribution in [1.29, 1.82) is 0 Å². The summed E-state index contributed by atoms with van der Waals surface area (Å²) in [5, 5.41) is 6.00. The number of nitrogens with one attached hydrogen (secondary N) is 1. The van der Waals surface area contributed by atoms with E-state index < -0.39 is 11.6 Å². The van der Waals surface area contributed by atoms with Gasteiger partial charge in [-0.2, -0.15) is 13.2 Å². The number of likely N-dealkylation sites (tertiary alicyclic amines) is 1. The number of benzene rings is 1. The number of nitrogens with zero attached hydrogens (tertiary/aromatic N) is 3. The van der Waals surface area contributed by atoms with Gasteiger partial charge in [-0.05, 0) is 61.9 Å². The average molecular weight is 463 g/mol. The molecule has 1 aliphatic heterocycles. The molecule has 0 atom stereocenters. The van der Waals surface area contributed by atoms with Crippen LogP contribution in [-0.2, 0) is 4.79 Å². The van der Waals surface area contributed by atoms with E-state index in [-0.39, 0.29) is 31.2 Å². The summed E-state index contributed by atoms with van der Waals surface area (Å²) in [4.78, 5) is 18.9. The third kappa shape index (κ3) is 5.22. The molecular formula is C23H29F3N6O. The van der Waals surface area contributed by atoms with Crippen LogP contribution in [0.4, 0.5) is 19.0 Å². The SMILES string of the molecule is CN(N)/C=C(\N)c1ccc2cnc(NC(=O)C3CCN(CC4(C(F)(F)F)CC4)CC3)cc2c1. The van der Waals surface area contributed by atoms with E-state index in [1.807, 2.05) is 23.1 Å². The molecule has 178 valence electrons. The Morgan fingerprint density at radius 3 is 2.58 bits per heavy atom. The van der Waals surface area contributed by atoms with E-state index in [0.717, 1.165) is 16.3 Å². The topological polar surface area (TPSA) is 101 Å². The Kier molecular flexibility index (Phi) is 6.24. The first-order valence-corrected chi connectivity index (χ1v) is 11.0. The standard InChI is InChI=1S/C23H29F3N6O/c1-31(28)13-19(27)16-2-3-17-12-29-20(11-18(17)10-16)30-21(33)15-4-8-32(9-5-15)14-22(6-7-22)23(24,25)26/h2-3,10-13,15H,4-9,14,27-28H2,1H3,(H,29,30,33)/b19-13-. The number of halogens is 3. The van der Waals surface area contributed by atoms with Crippen LogP contribution in [0.2, 0.25) is 0 Å². The van der Waals surface area contributed by atoms with Gasteiger partial charge in [0.2, 0.25) is 5.91 Å². The van der Waals surface area contributed by atoms with Crippen molar-refractivity contribution in [2.45, 2.75) is 31.9 Å². The van der Waals surface area contributed by atoms with E-state index >= 15 is 0 Å². The fourth-order valence-corrected chi connectivity index (χ4v) is 4.37. The molecule has 2 aliphatic rings. The van der Waals surface area contributed by atoms with Gasteiger partial charge >= 0.3 is 6.18 Å². The Labute approximate surface area is 190 Å². The lowest BCUT2D eigenvalue weighted by Crippen LogP contribution is -2.44. The molecular weight excluding hydrogens is 433 g/mol. The first-order chi connectivity index (χ1) is 15.6. The molecule has 7 nitrogen and oxygen atoms in total. The Morgan fingerprint density at radius 2 is 1.97 bits per heavy atom. The zero-order chi connectivity index (χ0) is 23.8. The number of nitrogens with two attached hydrogens (primary N) is 2. The van der Waals surface area contributed by atoms with Gasteiger partial charge in [0, 0.05) is 37.3 Å².